The molecule has 0 radical (unpaired) electrons. The normalized spacial score (nSPS) is 12.2. The zero-order valence-corrected chi connectivity index (χ0v) is 20.1. The van der Waals surface area contributed by atoms with Crippen LogP contribution in [0, 0.1) is 5.92 Å². The second kappa shape index (κ2) is 12.2. The molecule has 30 heavy (non-hydrogen) atoms. The van der Waals surface area contributed by atoms with Gasteiger partial charge in [-0.1, -0.05) is 44.0 Å². The number of nitrogens with one attached hydrogen (secondary N) is 1. The van der Waals surface area contributed by atoms with Crippen molar-refractivity contribution in [3.63, 3.8) is 0 Å². The first-order valence-corrected chi connectivity index (χ1v) is 10.9. The summed E-state index contributed by atoms with van der Waals surface area (Å²) < 4.78 is 1.000. The maximum absolute atomic E-state index is 12.6. The lowest BCUT2D eigenvalue weighted by Gasteiger charge is -2.33. The molecule has 4 nitrogen and oxygen atoms in total. The van der Waals surface area contributed by atoms with Gasteiger partial charge in [-0.15, -0.1) is 0 Å². The fourth-order valence-corrected chi connectivity index (χ4v) is 3.89. The van der Waals surface area contributed by atoms with E-state index in [0.717, 1.165) is 28.6 Å². The monoisotopic (exact) mass is 451 g/mol. The third-order valence-corrected chi connectivity index (χ3v) is 5.62. The Balaban J connectivity index is 0.00000450. The van der Waals surface area contributed by atoms with E-state index in [4.69, 9.17) is 17.3 Å². The first-order chi connectivity index (χ1) is 13.7. The second-order valence-corrected chi connectivity index (χ2v) is 8.97. The van der Waals surface area contributed by atoms with Crippen molar-refractivity contribution in [2.24, 2.45) is 5.92 Å². The summed E-state index contributed by atoms with van der Waals surface area (Å²) in [5, 5.41) is 3.72. The van der Waals surface area contributed by atoms with Gasteiger partial charge < -0.3 is 27.9 Å². The van der Waals surface area contributed by atoms with Crippen LogP contribution >= 0.6 is 11.6 Å². The quantitative estimate of drug-likeness (QED) is 0.429. The van der Waals surface area contributed by atoms with Gasteiger partial charge in [0.15, 0.2) is 0 Å². The molecule has 6 heteroatoms. The minimum absolute atomic E-state index is 0. The number of carbonyl (C=O) groups excluding carboxylic acids is 1. The smallest absolute Gasteiger partial charge is 0.251 e. The Kier molecular flexibility index (Phi) is 10.7. The number of hydrogen-bond acceptors (Lipinski definition) is 2. The number of rotatable bonds is 10. The van der Waals surface area contributed by atoms with Crippen LogP contribution in [0.1, 0.15) is 43.5 Å². The average molecular weight is 452 g/mol. The van der Waals surface area contributed by atoms with Gasteiger partial charge in [0.05, 0.1) is 27.2 Å². The minimum atomic E-state index is -0.0283. The molecule has 2 aromatic rings. The molecule has 0 heterocycles. The Bertz CT molecular complexity index is 786. The van der Waals surface area contributed by atoms with Crippen LogP contribution in [-0.2, 0) is 0 Å². The van der Waals surface area contributed by atoms with Crippen LogP contribution in [0.25, 0.3) is 11.1 Å². The fraction of sp³-hybridized carbons (Fsp3) is 0.458. The summed E-state index contributed by atoms with van der Waals surface area (Å²) >= 11 is 6.09. The van der Waals surface area contributed by atoms with Gasteiger partial charge in [0.1, 0.15) is 0 Å². The summed E-state index contributed by atoms with van der Waals surface area (Å²) in [6.45, 7) is 7.38. The van der Waals surface area contributed by atoms with Crippen molar-refractivity contribution in [2.75, 3.05) is 39.5 Å². The Labute approximate surface area is 192 Å². The maximum Gasteiger partial charge on any atom is 0.251 e. The molecular formula is C24H35Cl2N3O. The molecule has 1 amide bonds. The molecule has 0 saturated heterocycles. The molecule has 0 bridgehead atoms. The van der Waals surface area contributed by atoms with Crippen molar-refractivity contribution in [1.82, 2.24) is 5.32 Å². The summed E-state index contributed by atoms with van der Waals surface area (Å²) in [5.41, 5.74) is 9.09. The highest BCUT2D eigenvalue weighted by atomic mass is 35.5. The van der Waals surface area contributed by atoms with Crippen LogP contribution < -0.4 is 23.5 Å². The van der Waals surface area contributed by atoms with Crippen molar-refractivity contribution in [3.05, 3.63) is 53.1 Å². The van der Waals surface area contributed by atoms with E-state index < -0.39 is 0 Å². The molecule has 0 aliphatic heterocycles. The molecule has 2 rings (SSSR count). The van der Waals surface area contributed by atoms with Gasteiger partial charge in [0.25, 0.3) is 5.91 Å². The number of amides is 1. The molecule has 0 fully saturated rings. The Morgan fingerprint density at radius 1 is 1.10 bits per heavy atom. The van der Waals surface area contributed by atoms with Crippen LogP contribution in [0.5, 0.6) is 0 Å². The molecule has 2 aromatic carbocycles. The van der Waals surface area contributed by atoms with Crippen molar-refractivity contribution in [2.45, 2.75) is 33.1 Å². The summed E-state index contributed by atoms with van der Waals surface area (Å²) in [6.07, 6.45) is 3.51. The molecule has 0 saturated carbocycles. The zero-order chi connectivity index (χ0) is 21.4. The molecular weight excluding hydrogens is 417 g/mol. The van der Waals surface area contributed by atoms with E-state index in [1.54, 1.807) is 6.07 Å². The summed E-state index contributed by atoms with van der Waals surface area (Å²) in [7, 11) is 4.56. The van der Waals surface area contributed by atoms with Crippen LogP contribution in [0.2, 0.25) is 5.02 Å². The number of benzene rings is 2. The molecule has 1 atom stereocenters. The van der Waals surface area contributed by atoms with Crippen molar-refractivity contribution >= 4 is 23.2 Å². The molecule has 0 aromatic heterocycles. The molecule has 0 aliphatic carbocycles. The molecule has 0 spiro atoms. The highest BCUT2D eigenvalue weighted by Crippen LogP contribution is 2.26. The predicted octanol–water partition coefficient (Wildman–Crippen LogP) is 2.23. The predicted molar refractivity (Wildman–Crippen MR) is 124 cm³/mol. The topological polar surface area (TPSA) is 55.1 Å². The van der Waals surface area contributed by atoms with E-state index in [2.05, 4.69) is 33.3 Å². The van der Waals surface area contributed by atoms with E-state index in [1.807, 2.05) is 36.4 Å². The highest BCUT2D eigenvalue weighted by Gasteiger charge is 2.21. The number of carbonyl (C=O) groups is 1. The van der Waals surface area contributed by atoms with E-state index in [0.29, 0.717) is 28.7 Å². The van der Waals surface area contributed by atoms with E-state index in [9.17, 15) is 4.79 Å². The van der Waals surface area contributed by atoms with Crippen LogP contribution in [0.3, 0.4) is 0 Å². The van der Waals surface area contributed by atoms with Gasteiger partial charge >= 0.3 is 0 Å². The second-order valence-electron chi connectivity index (χ2n) is 8.53. The summed E-state index contributed by atoms with van der Waals surface area (Å²) in [4.78, 5) is 12.6. The third kappa shape index (κ3) is 8.17. The third-order valence-electron chi connectivity index (χ3n) is 5.40. The number of hydrogen-bond donors (Lipinski definition) is 2. The number of quaternary nitrogens is 1. The number of anilines is 1. The highest BCUT2D eigenvalue weighted by molar-refractivity contribution is 6.31. The van der Waals surface area contributed by atoms with E-state index in [-0.39, 0.29) is 18.3 Å². The van der Waals surface area contributed by atoms with Crippen molar-refractivity contribution in [3.8, 4) is 11.1 Å². The Hall–Kier alpha value is -1.75. The Morgan fingerprint density at radius 2 is 1.77 bits per heavy atom. The van der Waals surface area contributed by atoms with Gasteiger partial charge in [-0.2, -0.15) is 0 Å². The lowest BCUT2D eigenvalue weighted by atomic mass is 10.0. The molecule has 1 unspecified atom stereocenters. The summed E-state index contributed by atoms with van der Waals surface area (Å²) in [5.74, 6) is 0.444. The number of nitrogen functional groups attached to an aromatic ring is 1. The van der Waals surface area contributed by atoms with Gasteiger partial charge in [-0.25, -0.2) is 0 Å². The van der Waals surface area contributed by atoms with Crippen LogP contribution in [0.15, 0.2) is 42.5 Å². The zero-order valence-electron chi connectivity index (χ0n) is 18.6. The van der Waals surface area contributed by atoms with Gasteiger partial charge in [-0.3, -0.25) is 4.79 Å². The molecule has 3 N–H and O–H groups in total. The number of halogens is 2. The first-order valence-electron chi connectivity index (χ1n) is 10.5. The van der Waals surface area contributed by atoms with Gasteiger partial charge in [-0.05, 0) is 54.3 Å². The SMILES string of the molecule is CCCC[N+](C)(C)CC(CC)CNC(=O)c1ccc(-c2cc(N)cc(Cl)c2)cc1.[Cl-]. The van der Waals surface area contributed by atoms with E-state index in [1.165, 1.54) is 19.4 Å². The van der Waals surface area contributed by atoms with Crippen molar-refractivity contribution < 1.29 is 21.7 Å². The largest absolute Gasteiger partial charge is 1.00 e. The lowest BCUT2D eigenvalue weighted by molar-refractivity contribution is -0.893. The van der Waals surface area contributed by atoms with E-state index >= 15 is 0 Å². The van der Waals surface area contributed by atoms with Crippen LogP contribution in [-0.4, -0.2) is 44.1 Å². The standard InChI is InChI=1S/C24H34ClN3O.ClH/c1-5-7-12-28(3,4)17-18(6-2)16-27-24(29)20-10-8-19(9-11-20)21-13-22(25)15-23(26)14-21;/h8-11,13-15,18H,5-7,12,16-17,26H2,1-4H3;1H. The van der Waals surface area contributed by atoms with Gasteiger partial charge in [0.2, 0.25) is 0 Å². The van der Waals surface area contributed by atoms with Crippen LogP contribution in [0.4, 0.5) is 5.69 Å². The number of unbranched alkanes of at least 4 members (excludes halogenated alkanes) is 1. The maximum atomic E-state index is 12.6. The summed E-state index contributed by atoms with van der Waals surface area (Å²) in [6, 6.07) is 13.0. The Morgan fingerprint density at radius 3 is 2.33 bits per heavy atom. The molecule has 166 valence electrons. The number of nitrogens with two attached hydrogens (primary N) is 1. The van der Waals surface area contributed by atoms with Crippen molar-refractivity contribution in [1.29, 1.82) is 0 Å². The first kappa shape index (κ1) is 26.3. The fourth-order valence-electron chi connectivity index (χ4n) is 3.65. The molecule has 0 aliphatic rings. The van der Waals surface area contributed by atoms with Gasteiger partial charge in [0, 0.05) is 28.7 Å². The number of nitrogens with zero attached hydrogens (tertiary/aromatic N) is 1. The minimum Gasteiger partial charge on any atom is -1.00 e. The lowest BCUT2D eigenvalue weighted by Crippen LogP contribution is -3.00. The average Bonchev–Trinajstić information content (AvgIpc) is 2.68.